The van der Waals surface area contributed by atoms with Crippen LogP contribution in [0.3, 0.4) is 0 Å². The molecule has 0 aliphatic heterocycles. The molecule has 0 saturated carbocycles. The summed E-state index contributed by atoms with van der Waals surface area (Å²) in [6, 6.07) is 12.3. The Morgan fingerprint density at radius 3 is 2.68 bits per heavy atom. The van der Waals surface area contributed by atoms with Crippen molar-refractivity contribution in [3.63, 3.8) is 0 Å². The largest absolute Gasteiger partial charge is 0.362 e. The highest BCUT2D eigenvalue weighted by Gasteiger charge is 2.01. The number of nitrogens with zero attached hydrogens (tertiary/aromatic N) is 1. The Kier molecular flexibility index (Phi) is 4.80. The highest BCUT2D eigenvalue weighted by molar-refractivity contribution is 7.80. The fourth-order valence-corrected chi connectivity index (χ4v) is 1.82. The number of anilines is 1. The van der Waals surface area contributed by atoms with E-state index in [4.69, 9.17) is 12.2 Å². The first kappa shape index (κ1) is 13.4. The number of aromatic nitrogens is 1. The number of hydrogen-bond donors (Lipinski definition) is 2. The van der Waals surface area contributed by atoms with E-state index in [1.165, 1.54) is 6.07 Å². The molecule has 3 nitrogen and oxygen atoms in total. The molecule has 0 bridgehead atoms. The van der Waals surface area contributed by atoms with Crippen LogP contribution in [0.4, 0.5) is 10.2 Å². The molecule has 1 aromatic carbocycles. The van der Waals surface area contributed by atoms with E-state index < -0.39 is 0 Å². The van der Waals surface area contributed by atoms with Crippen molar-refractivity contribution in [3.05, 3.63) is 60.0 Å². The fourth-order valence-electron chi connectivity index (χ4n) is 1.61. The summed E-state index contributed by atoms with van der Waals surface area (Å²) in [4.78, 5) is 4.10. The maximum Gasteiger partial charge on any atom is 0.171 e. The summed E-state index contributed by atoms with van der Waals surface area (Å²) in [5.74, 6) is 0.499. The smallest absolute Gasteiger partial charge is 0.171 e. The van der Waals surface area contributed by atoms with Crippen molar-refractivity contribution >= 4 is 23.1 Å². The SMILES string of the molecule is Fc1ccccc1CCNC(=S)Nc1ccccn1. The molecule has 0 aliphatic carbocycles. The van der Waals surface area contributed by atoms with E-state index in [1.807, 2.05) is 24.3 Å². The molecule has 0 saturated heterocycles. The summed E-state index contributed by atoms with van der Waals surface area (Å²) in [5.41, 5.74) is 0.677. The highest BCUT2D eigenvalue weighted by Crippen LogP contribution is 2.06. The van der Waals surface area contributed by atoms with Crippen LogP contribution in [0.15, 0.2) is 48.7 Å². The number of rotatable bonds is 4. The molecule has 2 aromatic rings. The van der Waals surface area contributed by atoms with Crippen LogP contribution in [0.2, 0.25) is 0 Å². The minimum absolute atomic E-state index is 0.187. The number of thiocarbonyl (C=S) groups is 1. The molecule has 0 amide bonds. The standard InChI is InChI=1S/C14H14FN3S/c15-12-6-2-1-5-11(12)8-10-17-14(19)18-13-7-3-4-9-16-13/h1-7,9H,8,10H2,(H2,16,17,18,19). The van der Waals surface area contributed by atoms with Gasteiger partial charge in [0.2, 0.25) is 0 Å². The number of pyridine rings is 1. The van der Waals surface area contributed by atoms with Crippen LogP contribution in [-0.4, -0.2) is 16.6 Å². The van der Waals surface area contributed by atoms with Crippen LogP contribution in [-0.2, 0) is 6.42 Å². The molecule has 0 spiro atoms. The van der Waals surface area contributed by atoms with Gasteiger partial charge in [-0.3, -0.25) is 0 Å². The zero-order chi connectivity index (χ0) is 13.5. The van der Waals surface area contributed by atoms with Crippen molar-refractivity contribution in [2.45, 2.75) is 6.42 Å². The van der Waals surface area contributed by atoms with Crippen LogP contribution in [0.25, 0.3) is 0 Å². The summed E-state index contributed by atoms with van der Waals surface area (Å²) in [5, 5.41) is 6.46. The van der Waals surface area contributed by atoms with Crippen LogP contribution < -0.4 is 10.6 Å². The normalized spacial score (nSPS) is 9.95. The Morgan fingerprint density at radius 1 is 1.16 bits per heavy atom. The summed E-state index contributed by atoms with van der Waals surface area (Å²) in [6.07, 6.45) is 2.26. The molecule has 1 heterocycles. The molecule has 0 fully saturated rings. The number of hydrogen-bond acceptors (Lipinski definition) is 2. The predicted octanol–water partition coefficient (Wildman–Crippen LogP) is 2.75. The van der Waals surface area contributed by atoms with Gasteiger partial charge in [0.1, 0.15) is 11.6 Å². The maximum atomic E-state index is 13.4. The monoisotopic (exact) mass is 275 g/mol. The Balaban J connectivity index is 1.77. The van der Waals surface area contributed by atoms with Crippen molar-refractivity contribution in [2.75, 3.05) is 11.9 Å². The van der Waals surface area contributed by atoms with Gasteiger partial charge in [-0.1, -0.05) is 24.3 Å². The molecule has 0 radical (unpaired) electrons. The van der Waals surface area contributed by atoms with Gasteiger partial charge in [-0.2, -0.15) is 0 Å². The van der Waals surface area contributed by atoms with Crippen molar-refractivity contribution in [1.29, 1.82) is 0 Å². The molecule has 2 rings (SSSR count). The Labute approximate surface area is 116 Å². The van der Waals surface area contributed by atoms with Gasteiger partial charge in [0, 0.05) is 12.7 Å². The quantitative estimate of drug-likeness (QED) is 0.841. The topological polar surface area (TPSA) is 37.0 Å². The van der Waals surface area contributed by atoms with Gasteiger partial charge in [-0.05, 0) is 42.4 Å². The van der Waals surface area contributed by atoms with Gasteiger partial charge < -0.3 is 10.6 Å². The van der Waals surface area contributed by atoms with E-state index in [2.05, 4.69) is 15.6 Å². The summed E-state index contributed by atoms with van der Waals surface area (Å²) in [7, 11) is 0. The second-order valence-corrected chi connectivity index (χ2v) is 4.35. The molecule has 0 atom stereocenters. The zero-order valence-electron chi connectivity index (χ0n) is 10.3. The maximum absolute atomic E-state index is 13.4. The first-order chi connectivity index (χ1) is 9.25. The van der Waals surface area contributed by atoms with Gasteiger partial charge in [0.05, 0.1) is 0 Å². The van der Waals surface area contributed by atoms with Crippen LogP contribution in [0.1, 0.15) is 5.56 Å². The molecule has 98 valence electrons. The third-order valence-corrected chi connectivity index (χ3v) is 2.79. The minimum Gasteiger partial charge on any atom is -0.362 e. The van der Waals surface area contributed by atoms with E-state index in [0.29, 0.717) is 29.5 Å². The molecule has 2 N–H and O–H groups in total. The third-order valence-electron chi connectivity index (χ3n) is 2.54. The molecular formula is C14H14FN3S. The molecule has 0 aliphatic rings. The Bertz CT molecular complexity index is 545. The van der Waals surface area contributed by atoms with Gasteiger partial charge in [-0.25, -0.2) is 9.37 Å². The minimum atomic E-state index is -0.187. The lowest BCUT2D eigenvalue weighted by Gasteiger charge is -2.09. The van der Waals surface area contributed by atoms with Gasteiger partial charge in [0.15, 0.2) is 5.11 Å². The highest BCUT2D eigenvalue weighted by atomic mass is 32.1. The molecular weight excluding hydrogens is 261 g/mol. The second kappa shape index (κ2) is 6.80. The number of halogens is 1. The van der Waals surface area contributed by atoms with Crippen molar-refractivity contribution < 1.29 is 4.39 Å². The van der Waals surface area contributed by atoms with Crippen LogP contribution >= 0.6 is 12.2 Å². The predicted molar refractivity (Wildman–Crippen MR) is 78.6 cm³/mol. The van der Waals surface area contributed by atoms with Crippen molar-refractivity contribution in [2.24, 2.45) is 0 Å². The average Bonchev–Trinajstić information content (AvgIpc) is 2.42. The lowest BCUT2D eigenvalue weighted by molar-refractivity contribution is 0.607. The first-order valence-electron chi connectivity index (χ1n) is 5.95. The van der Waals surface area contributed by atoms with E-state index in [1.54, 1.807) is 18.3 Å². The van der Waals surface area contributed by atoms with Crippen LogP contribution in [0, 0.1) is 5.82 Å². The Morgan fingerprint density at radius 2 is 1.95 bits per heavy atom. The van der Waals surface area contributed by atoms with E-state index in [9.17, 15) is 4.39 Å². The molecule has 1 aromatic heterocycles. The first-order valence-corrected chi connectivity index (χ1v) is 6.36. The van der Waals surface area contributed by atoms with Gasteiger partial charge >= 0.3 is 0 Å². The molecule has 5 heteroatoms. The van der Waals surface area contributed by atoms with Crippen molar-refractivity contribution in [3.8, 4) is 0 Å². The van der Waals surface area contributed by atoms with Gasteiger partial charge in [-0.15, -0.1) is 0 Å². The Hall–Kier alpha value is -2.01. The summed E-state index contributed by atoms with van der Waals surface area (Å²) >= 11 is 5.13. The molecule has 0 unspecified atom stereocenters. The lowest BCUT2D eigenvalue weighted by atomic mass is 10.1. The van der Waals surface area contributed by atoms with E-state index in [-0.39, 0.29) is 5.82 Å². The summed E-state index contributed by atoms with van der Waals surface area (Å²) < 4.78 is 13.4. The van der Waals surface area contributed by atoms with Gasteiger partial charge in [0.25, 0.3) is 0 Å². The summed E-state index contributed by atoms with van der Waals surface area (Å²) in [6.45, 7) is 0.569. The number of benzene rings is 1. The average molecular weight is 275 g/mol. The van der Waals surface area contributed by atoms with E-state index in [0.717, 1.165) is 0 Å². The fraction of sp³-hybridized carbons (Fsp3) is 0.143. The van der Waals surface area contributed by atoms with Crippen molar-refractivity contribution in [1.82, 2.24) is 10.3 Å². The van der Waals surface area contributed by atoms with E-state index >= 15 is 0 Å². The number of nitrogens with one attached hydrogen (secondary N) is 2. The van der Waals surface area contributed by atoms with Crippen LogP contribution in [0.5, 0.6) is 0 Å². The zero-order valence-corrected chi connectivity index (χ0v) is 11.1. The second-order valence-electron chi connectivity index (χ2n) is 3.94. The molecule has 19 heavy (non-hydrogen) atoms. The lowest BCUT2D eigenvalue weighted by Crippen LogP contribution is -2.30. The third kappa shape index (κ3) is 4.30.